The minimum absolute atomic E-state index is 0.0180. The molecule has 2 aliphatic rings. The first kappa shape index (κ1) is 23.0. The number of benzene rings is 1. The number of rotatable bonds is 5. The molecule has 2 aromatic heterocycles. The van der Waals surface area contributed by atoms with Crippen LogP contribution in [-0.4, -0.2) is 47.5 Å². The van der Waals surface area contributed by atoms with Crippen LogP contribution in [0.2, 0.25) is 5.02 Å². The fourth-order valence-corrected chi connectivity index (χ4v) is 6.52. The number of nitrogens with one attached hydrogen (secondary N) is 1. The smallest absolute Gasteiger partial charge is 0.265 e. The molecule has 0 unspecified atom stereocenters. The highest BCUT2D eigenvalue weighted by molar-refractivity contribution is 7.12. The molecule has 2 atom stereocenters. The van der Waals surface area contributed by atoms with Gasteiger partial charge in [-0.1, -0.05) is 35.9 Å². The van der Waals surface area contributed by atoms with Crippen LogP contribution in [0.15, 0.2) is 60.2 Å². The van der Waals surface area contributed by atoms with Crippen LogP contribution in [0.5, 0.6) is 0 Å². The fraction of sp³-hybridized carbons (Fsp3) is 0.346. The lowest BCUT2D eigenvalue weighted by Crippen LogP contribution is -2.52. The quantitative estimate of drug-likeness (QED) is 0.548. The molecule has 1 saturated heterocycles. The number of hydrogen-bond acceptors (Lipinski definition) is 5. The van der Waals surface area contributed by atoms with Crippen LogP contribution < -0.4 is 5.32 Å². The summed E-state index contributed by atoms with van der Waals surface area (Å²) in [7, 11) is 0. The number of carbonyl (C=O) groups is 2. The highest BCUT2D eigenvalue weighted by Crippen LogP contribution is 2.52. The number of pyridine rings is 1. The third kappa shape index (κ3) is 3.91. The third-order valence-electron chi connectivity index (χ3n) is 6.99. The van der Waals surface area contributed by atoms with Crippen LogP contribution >= 0.6 is 22.9 Å². The van der Waals surface area contributed by atoms with Crippen molar-refractivity contribution in [1.29, 1.82) is 0 Å². The lowest BCUT2D eigenvalue weighted by Gasteiger charge is -2.44. The molecular formula is C26H26ClN3O3S. The molecule has 0 saturated carbocycles. The van der Waals surface area contributed by atoms with E-state index >= 15 is 0 Å². The first-order chi connectivity index (χ1) is 16.5. The van der Waals surface area contributed by atoms with Gasteiger partial charge in [0.25, 0.3) is 11.8 Å². The first-order valence-corrected chi connectivity index (χ1v) is 12.7. The summed E-state index contributed by atoms with van der Waals surface area (Å²) in [6, 6.07) is 13.3. The predicted molar refractivity (Wildman–Crippen MR) is 132 cm³/mol. The number of hydrogen-bond donors (Lipinski definition) is 1. The van der Waals surface area contributed by atoms with E-state index in [4.69, 9.17) is 16.3 Å². The summed E-state index contributed by atoms with van der Waals surface area (Å²) in [6.45, 7) is 3.73. The number of fused-ring (bicyclic) bond motifs is 2. The van der Waals surface area contributed by atoms with Gasteiger partial charge in [0.1, 0.15) is 4.88 Å². The number of ether oxygens (including phenoxy) is 1. The molecule has 1 N–H and O–H groups in total. The van der Waals surface area contributed by atoms with Crippen molar-refractivity contribution in [2.75, 3.05) is 19.7 Å². The Hall–Kier alpha value is -2.74. The number of piperidine rings is 1. The Morgan fingerprint density at radius 1 is 1.21 bits per heavy atom. The maximum absolute atomic E-state index is 13.1. The minimum atomic E-state index is -0.282. The van der Waals surface area contributed by atoms with E-state index in [1.54, 1.807) is 30.6 Å². The summed E-state index contributed by atoms with van der Waals surface area (Å²) in [5, 5.41) is 5.57. The Labute approximate surface area is 207 Å². The number of amides is 2. The van der Waals surface area contributed by atoms with E-state index in [2.05, 4.69) is 22.4 Å². The number of halogens is 1. The lowest BCUT2D eigenvalue weighted by atomic mass is 9.71. The highest BCUT2D eigenvalue weighted by Gasteiger charge is 2.54. The van der Waals surface area contributed by atoms with Crippen molar-refractivity contribution in [3.05, 3.63) is 86.8 Å². The minimum Gasteiger partial charge on any atom is -0.375 e. The highest BCUT2D eigenvalue weighted by atomic mass is 35.5. The Bertz CT molecular complexity index is 1190. The van der Waals surface area contributed by atoms with Crippen molar-refractivity contribution in [3.63, 3.8) is 0 Å². The van der Waals surface area contributed by atoms with Crippen molar-refractivity contribution in [2.24, 2.45) is 0 Å². The van der Waals surface area contributed by atoms with Crippen LogP contribution in [0.1, 0.15) is 57.0 Å². The summed E-state index contributed by atoms with van der Waals surface area (Å²) in [4.78, 5) is 32.7. The summed E-state index contributed by atoms with van der Waals surface area (Å²) in [5.41, 5.74) is 2.52. The molecule has 2 amide bonds. The maximum Gasteiger partial charge on any atom is 0.265 e. The molecular weight excluding hydrogens is 470 g/mol. The van der Waals surface area contributed by atoms with Gasteiger partial charge in [-0.3, -0.25) is 14.6 Å². The molecule has 1 fully saturated rings. The molecule has 1 aliphatic heterocycles. The zero-order chi connectivity index (χ0) is 23.7. The van der Waals surface area contributed by atoms with Crippen molar-refractivity contribution in [3.8, 4) is 0 Å². The van der Waals surface area contributed by atoms with Crippen LogP contribution in [0.3, 0.4) is 0 Å². The van der Waals surface area contributed by atoms with Gasteiger partial charge in [-0.15, -0.1) is 11.3 Å². The van der Waals surface area contributed by atoms with Crippen LogP contribution in [0, 0.1) is 0 Å². The normalized spacial score (nSPS) is 20.8. The molecule has 34 heavy (non-hydrogen) atoms. The Morgan fingerprint density at radius 3 is 2.68 bits per heavy atom. The average Bonchev–Trinajstić information content (AvgIpc) is 3.41. The number of likely N-dealkylation sites (tertiary alicyclic amines) is 1. The molecule has 8 heteroatoms. The second-order valence-electron chi connectivity index (χ2n) is 8.70. The predicted octanol–water partition coefficient (Wildman–Crippen LogP) is 4.86. The molecule has 0 bridgehead atoms. The molecule has 6 nitrogen and oxygen atoms in total. The largest absolute Gasteiger partial charge is 0.375 e. The van der Waals surface area contributed by atoms with Crippen molar-refractivity contribution < 1.29 is 14.3 Å². The van der Waals surface area contributed by atoms with E-state index in [1.165, 1.54) is 16.9 Å². The molecule has 1 aliphatic carbocycles. The average molecular weight is 496 g/mol. The second kappa shape index (κ2) is 9.49. The monoisotopic (exact) mass is 495 g/mol. The number of nitrogens with zero attached hydrogens (tertiary/aromatic N) is 2. The number of thiophene rings is 1. The Morgan fingerprint density at radius 2 is 2.00 bits per heavy atom. The third-order valence-corrected chi connectivity index (χ3v) is 8.32. The van der Waals surface area contributed by atoms with Gasteiger partial charge >= 0.3 is 0 Å². The van der Waals surface area contributed by atoms with Gasteiger partial charge in [0.2, 0.25) is 0 Å². The van der Waals surface area contributed by atoms with Crippen LogP contribution in [0.4, 0.5) is 0 Å². The Kier molecular flexibility index (Phi) is 6.42. The Balaban J connectivity index is 1.43. The van der Waals surface area contributed by atoms with E-state index in [9.17, 15) is 9.59 Å². The van der Waals surface area contributed by atoms with E-state index in [0.29, 0.717) is 35.2 Å². The van der Waals surface area contributed by atoms with E-state index < -0.39 is 0 Å². The van der Waals surface area contributed by atoms with Gasteiger partial charge in [0.05, 0.1) is 22.7 Å². The summed E-state index contributed by atoms with van der Waals surface area (Å²) in [5.74, 6) is -0.190. The van der Waals surface area contributed by atoms with Gasteiger partial charge in [-0.05, 0) is 54.5 Å². The van der Waals surface area contributed by atoms with Gasteiger partial charge in [-0.25, -0.2) is 0 Å². The summed E-state index contributed by atoms with van der Waals surface area (Å²) < 4.78 is 6.36. The topological polar surface area (TPSA) is 71.5 Å². The van der Waals surface area contributed by atoms with E-state index in [-0.39, 0.29) is 29.4 Å². The van der Waals surface area contributed by atoms with E-state index in [1.807, 2.05) is 29.3 Å². The van der Waals surface area contributed by atoms with Crippen molar-refractivity contribution >= 4 is 34.8 Å². The van der Waals surface area contributed by atoms with Gasteiger partial charge in [0.15, 0.2) is 0 Å². The van der Waals surface area contributed by atoms with Crippen LogP contribution in [0.25, 0.3) is 0 Å². The molecule has 0 radical (unpaired) electrons. The van der Waals surface area contributed by atoms with Crippen molar-refractivity contribution in [1.82, 2.24) is 15.2 Å². The second-order valence-corrected chi connectivity index (χ2v) is 10.0. The maximum atomic E-state index is 13.1. The molecule has 176 valence electrons. The molecule has 3 aromatic rings. The SMILES string of the molecule is CCO[C@@H]1[C@@H](NC(=O)c2cccnc2)c2ccccc2C12CCN(C(=O)c1sccc1Cl)CC2. The van der Waals surface area contributed by atoms with Gasteiger partial charge < -0.3 is 15.0 Å². The van der Waals surface area contributed by atoms with E-state index in [0.717, 1.165) is 18.4 Å². The molecule has 1 spiro atoms. The van der Waals surface area contributed by atoms with Gasteiger partial charge in [0, 0.05) is 37.5 Å². The summed E-state index contributed by atoms with van der Waals surface area (Å²) >= 11 is 7.60. The summed E-state index contributed by atoms with van der Waals surface area (Å²) in [6.07, 6.45) is 4.50. The first-order valence-electron chi connectivity index (χ1n) is 11.5. The number of carbonyl (C=O) groups excluding carboxylic acids is 2. The number of aromatic nitrogens is 1. The lowest BCUT2D eigenvalue weighted by molar-refractivity contribution is -0.0305. The molecule has 3 heterocycles. The molecule has 5 rings (SSSR count). The molecule has 1 aromatic carbocycles. The van der Waals surface area contributed by atoms with Gasteiger partial charge in [-0.2, -0.15) is 0 Å². The zero-order valence-corrected chi connectivity index (χ0v) is 20.4. The zero-order valence-electron chi connectivity index (χ0n) is 18.9. The fourth-order valence-electron chi connectivity index (χ4n) is 5.42. The van der Waals surface area contributed by atoms with Crippen LogP contribution in [-0.2, 0) is 10.2 Å². The van der Waals surface area contributed by atoms with Crippen molar-refractivity contribution in [2.45, 2.75) is 37.3 Å². The standard InChI is InChI=1S/C26H26ClN3O3S/c1-2-33-23-21(29-24(31)17-6-5-12-28-16-17)18-7-3-4-8-19(18)26(23)10-13-30(14-11-26)25(32)22-20(27)9-15-34-22/h3-9,12,15-16,21,23H,2,10-11,13-14H2,1H3,(H,29,31)/t21-,23+/m0/s1.